The van der Waals surface area contributed by atoms with Crippen LogP contribution in [0.3, 0.4) is 0 Å². The summed E-state index contributed by atoms with van der Waals surface area (Å²) in [5.41, 5.74) is 0.526. The number of carbonyl (C=O) groups is 1. The first-order valence-corrected chi connectivity index (χ1v) is 11.4. The zero-order valence-electron chi connectivity index (χ0n) is 17.0. The molecule has 0 bridgehead atoms. The third-order valence-electron chi connectivity index (χ3n) is 5.15. The number of sulfonamides is 1. The van der Waals surface area contributed by atoms with Crippen LogP contribution >= 0.6 is 0 Å². The number of likely N-dealkylation sites (tertiary alicyclic amines) is 1. The fourth-order valence-electron chi connectivity index (χ4n) is 3.15. The van der Waals surface area contributed by atoms with Gasteiger partial charge in [0.1, 0.15) is 12.7 Å². The van der Waals surface area contributed by atoms with Crippen LogP contribution in [-0.4, -0.2) is 82.6 Å². The van der Waals surface area contributed by atoms with E-state index in [2.05, 4.69) is 4.98 Å². The van der Waals surface area contributed by atoms with Crippen molar-refractivity contribution < 1.29 is 27.4 Å². The number of hydrogen-bond donors (Lipinski definition) is 0. The monoisotopic (exact) mass is 427 g/mol. The van der Waals surface area contributed by atoms with Crippen LogP contribution < -0.4 is 9.04 Å². The van der Waals surface area contributed by atoms with Gasteiger partial charge in [-0.3, -0.25) is 9.10 Å². The van der Waals surface area contributed by atoms with Gasteiger partial charge in [0.25, 0.3) is 0 Å². The Kier molecular flexibility index (Phi) is 7.31. The van der Waals surface area contributed by atoms with Crippen molar-refractivity contribution in [1.29, 1.82) is 0 Å². The van der Waals surface area contributed by atoms with E-state index in [0.29, 0.717) is 50.7 Å². The van der Waals surface area contributed by atoms with Crippen LogP contribution in [0.25, 0.3) is 0 Å². The minimum absolute atomic E-state index is 0.0260. The Morgan fingerprint density at radius 1 is 1.21 bits per heavy atom. The Morgan fingerprint density at radius 2 is 1.93 bits per heavy atom. The SMILES string of the molecule is COCCOCC(=O)N1CCC(Oc2ccc(N(C)S(=O)(=O)C3CC3)cn2)CC1. The van der Waals surface area contributed by atoms with Gasteiger partial charge in [-0.05, 0) is 18.9 Å². The molecule has 1 aliphatic heterocycles. The predicted octanol–water partition coefficient (Wildman–Crippen LogP) is 1.04. The van der Waals surface area contributed by atoms with Gasteiger partial charge < -0.3 is 19.1 Å². The molecule has 0 aromatic carbocycles. The third kappa shape index (κ3) is 5.80. The van der Waals surface area contributed by atoms with Crippen molar-refractivity contribution in [2.75, 3.05) is 51.4 Å². The minimum atomic E-state index is -3.29. The number of nitrogens with zero attached hydrogens (tertiary/aromatic N) is 3. The van der Waals surface area contributed by atoms with E-state index in [1.54, 1.807) is 31.2 Å². The number of rotatable bonds is 10. The molecule has 3 rings (SSSR count). The van der Waals surface area contributed by atoms with Gasteiger partial charge in [-0.15, -0.1) is 0 Å². The highest BCUT2D eigenvalue weighted by atomic mass is 32.2. The number of pyridine rings is 1. The highest BCUT2D eigenvalue weighted by Crippen LogP contribution is 2.32. The largest absolute Gasteiger partial charge is 0.474 e. The van der Waals surface area contributed by atoms with Gasteiger partial charge >= 0.3 is 0 Å². The Bertz CT molecular complexity index is 774. The molecule has 29 heavy (non-hydrogen) atoms. The lowest BCUT2D eigenvalue weighted by atomic mass is 10.1. The van der Waals surface area contributed by atoms with E-state index >= 15 is 0 Å². The summed E-state index contributed by atoms with van der Waals surface area (Å²) in [6.07, 6.45) is 4.36. The van der Waals surface area contributed by atoms with Crippen LogP contribution in [0.2, 0.25) is 0 Å². The molecule has 1 saturated carbocycles. The number of aromatic nitrogens is 1. The highest BCUT2D eigenvalue weighted by molar-refractivity contribution is 7.93. The molecule has 1 aliphatic carbocycles. The molecule has 1 saturated heterocycles. The molecular formula is C19H29N3O6S. The standard InChI is InChI=1S/C19H29N3O6S/c1-21(29(24,25)17-4-5-17)15-3-6-18(20-13-15)28-16-7-9-22(10-8-16)19(23)14-27-12-11-26-2/h3,6,13,16-17H,4-5,7-12,14H2,1-2H3. The second-order valence-electron chi connectivity index (χ2n) is 7.31. The first-order valence-electron chi connectivity index (χ1n) is 9.86. The van der Waals surface area contributed by atoms with Crippen LogP contribution in [0.1, 0.15) is 25.7 Å². The Labute approximate surface area is 172 Å². The highest BCUT2D eigenvalue weighted by Gasteiger charge is 2.39. The zero-order chi connectivity index (χ0) is 20.9. The Morgan fingerprint density at radius 3 is 2.52 bits per heavy atom. The lowest BCUT2D eigenvalue weighted by molar-refractivity contribution is -0.138. The van der Waals surface area contributed by atoms with Gasteiger partial charge in [0.05, 0.1) is 30.3 Å². The van der Waals surface area contributed by atoms with Gasteiger partial charge in [0.2, 0.25) is 21.8 Å². The maximum atomic E-state index is 12.3. The molecule has 2 fully saturated rings. The molecule has 162 valence electrons. The average molecular weight is 428 g/mol. The number of hydrogen-bond acceptors (Lipinski definition) is 7. The van der Waals surface area contributed by atoms with E-state index in [-0.39, 0.29) is 23.9 Å². The van der Waals surface area contributed by atoms with Gasteiger partial charge in [-0.25, -0.2) is 13.4 Å². The smallest absolute Gasteiger partial charge is 0.248 e. The summed E-state index contributed by atoms with van der Waals surface area (Å²) in [7, 11) is -0.143. The topological polar surface area (TPSA) is 98.3 Å². The minimum Gasteiger partial charge on any atom is -0.474 e. The molecular weight excluding hydrogens is 398 g/mol. The first kappa shape index (κ1) is 21.8. The van der Waals surface area contributed by atoms with Crippen molar-refractivity contribution >= 4 is 21.6 Å². The Balaban J connectivity index is 1.44. The predicted molar refractivity (Wildman–Crippen MR) is 108 cm³/mol. The van der Waals surface area contributed by atoms with E-state index in [4.69, 9.17) is 14.2 Å². The maximum absolute atomic E-state index is 12.3. The molecule has 0 N–H and O–H groups in total. The molecule has 0 radical (unpaired) electrons. The molecule has 0 unspecified atom stereocenters. The Hall–Kier alpha value is -1.91. The van der Waals surface area contributed by atoms with Crippen LogP contribution in [0.5, 0.6) is 5.88 Å². The molecule has 0 spiro atoms. The quantitative estimate of drug-likeness (QED) is 0.515. The number of ether oxygens (including phenoxy) is 3. The maximum Gasteiger partial charge on any atom is 0.248 e. The number of carbonyl (C=O) groups excluding carboxylic acids is 1. The zero-order valence-corrected chi connectivity index (χ0v) is 17.8. The van der Waals surface area contributed by atoms with Gasteiger partial charge in [-0.2, -0.15) is 0 Å². The summed E-state index contributed by atoms with van der Waals surface area (Å²) in [5, 5.41) is -0.262. The fourth-order valence-corrected chi connectivity index (χ4v) is 4.73. The molecule has 1 amide bonds. The average Bonchev–Trinajstić information content (AvgIpc) is 3.58. The normalized spacial score (nSPS) is 17.9. The van der Waals surface area contributed by atoms with E-state index in [9.17, 15) is 13.2 Å². The van der Waals surface area contributed by atoms with Crippen molar-refractivity contribution in [3.05, 3.63) is 18.3 Å². The fraction of sp³-hybridized carbons (Fsp3) is 0.684. The van der Waals surface area contributed by atoms with E-state index in [1.165, 1.54) is 10.5 Å². The summed E-state index contributed by atoms with van der Waals surface area (Å²) >= 11 is 0. The molecule has 0 atom stereocenters. The lowest BCUT2D eigenvalue weighted by Crippen LogP contribution is -2.43. The number of anilines is 1. The van der Waals surface area contributed by atoms with Crippen molar-refractivity contribution in [2.45, 2.75) is 37.0 Å². The molecule has 1 aromatic heterocycles. The summed E-state index contributed by atoms with van der Waals surface area (Å²) in [6, 6.07) is 3.40. The van der Waals surface area contributed by atoms with Crippen LogP contribution in [0, 0.1) is 0 Å². The molecule has 1 aromatic rings. The van der Waals surface area contributed by atoms with E-state index in [0.717, 1.165) is 12.8 Å². The number of piperidine rings is 1. The molecule has 10 heteroatoms. The molecule has 9 nitrogen and oxygen atoms in total. The van der Waals surface area contributed by atoms with Gasteiger partial charge in [0.15, 0.2) is 0 Å². The van der Waals surface area contributed by atoms with Crippen LogP contribution in [0.15, 0.2) is 18.3 Å². The van der Waals surface area contributed by atoms with Crippen molar-refractivity contribution in [3.8, 4) is 5.88 Å². The van der Waals surface area contributed by atoms with E-state index < -0.39 is 10.0 Å². The molecule has 2 aliphatic rings. The summed E-state index contributed by atoms with van der Waals surface area (Å²) < 4.78 is 42.0. The number of amides is 1. The summed E-state index contributed by atoms with van der Waals surface area (Å²) in [4.78, 5) is 18.2. The summed E-state index contributed by atoms with van der Waals surface area (Å²) in [6.45, 7) is 2.16. The molecule has 2 heterocycles. The number of methoxy groups -OCH3 is 1. The van der Waals surface area contributed by atoms with Gasteiger partial charge in [0, 0.05) is 46.2 Å². The van der Waals surface area contributed by atoms with Gasteiger partial charge in [-0.1, -0.05) is 0 Å². The van der Waals surface area contributed by atoms with E-state index in [1.807, 2.05) is 0 Å². The lowest BCUT2D eigenvalue weighted by Gasteiger charge is -2.32. The second-order valence-corrected chi connectivity index (χ2v) is 9.55. The summed E-state index contributed by atoms with van der Waals surface area (Å²) in [5.74, 6) is 0.431. The first-order chi connectivity index (χ1) is 13.9. The van der Waals surface area contributed by atoms with Crippen molar-refractivity contribution in [2.24, 2.45) is 0 Å². The third-order valence-corrected chi connectivity index (χ3v) is 7.44. The van der Waals surface area contributed by atoms with Crippen molar-refractivity contribution in [3.63, 3.8) is 0 Å². The second kappa shape index (κ2) is 9.73. The van der Waals surface area contributed by atoms with Crippen LogP contribution in [-0.2, 0) is 24.3 Å². The van der Waals surface area contributed by atoms with Crippen molar-refractivity contribution in [1.82, 2.24) is 9.88 Å². The van der Waals surface area contributed by atoms with Crippen LogP contribution in [0.4, 0.5) is 5.69 Å².